The Balaban J connectivity index is 2.19. The molecular weight excluding hydrogens is 294 g/mol. The molecule has 2 rings (SSSR count). The molecule has 0 saturated heterocycles. The number of nitrogens with zero attached hydrogens (tertiary/aromatic N) is 1. The van der Waals surface area contributed by atoms with Crippen LogP contribution in [0.1, 0.15) is 15.9 Å². The van der Waals surface area contributed by atoms with E-state index in [1.54, 1.807) is 30.5 Å². The largest absolute Gasteiger partial charge is 0.398 e. The topological polar surface area (TPSA) is 68.0 Å². The molecule has 92 valence electrons. The first-order valence-corrected chi connectivity index (χ1v) is 6.14. The van der Waals surface area contributed by atoms with Crippen LogP contribution in [0.15, 0.2) is 41.0 Å². The molecule has 0 unspecified atom stereocenters. The fourth-order valence-corrected chi connectivity index (χ4v) is 1.76. The van der Waals surface area contributed by atoms with Gasteiger partial charge in [0.15, 0.2) is 0 Å². The molecule has 0 saturated carbocycles. The van der Waals surface area contributed by atoms with Crippen LogP contribution in [0.2, 0.25) is 0 Å². The molecule has 0 bridgehead atoms. The van der Waals surface area contributed by atoms with Crippen LogP contribution < -0.4 is 11.1 Å². The fourth-order valence-electron chi connectivity index (χ4n) is 1.52. The van der Waals surface area contributed by atoms with Crippen molar-refractivity contribution in [2.45, 2.75) is 6.92 Å². The van der Waals surface area contributed by atoms with Crippen LogP contribution in [0.3, 0.4) is 0 Å². The summed E-state index contributed by atoms with van der Waals surface area (Å²) in [6.07, 6.45) is 1.62. The zero-order chi connectivity index (χ0) is 13.1. The monoisotopic (exact) mass is 305 g/mol. The second kappa shape index (κ2) is 5.18. The molecule has 0 aliphatic rings. The second-order valence-electron chi connectivity index (χ2n) is 3.91. The van der Waals surface area contributed by atoms with Crippen molar-refractivity contribution in [3.8, 4) is 0 Å². The minimum Gasteiger partial charge on any atom is -0.398 e. The van der Waals surface area contributed by atoms with E-state index in [1.165, 1.54) is 0 Å². The van der Waals surface area contributed by atoms with E-state index in [4.69, 9.17) is 5.73 Å². The molecule has 3 N–H and O–H groups in total. The van der Waals surface area contributed by atoms with Gasteiger partial charge in [0.05, 0.1) is 5.56 Å². The van der Waals surface area contributed by atoms with Gasteiger partial charge < -0.3 is 11.1 Å². The molecule has 5 heteroatoms. The lowest BCUT2D eigenvalue weighted by Crippen LogP contribution is -2.14. The highest BCUT2D eigenvalue weighted by molar-refractivity contribution is 9.10. The maximum absolute atomic E-state index is 12.0. The molecule has 1 heterocycles. The summed E-state index contributed by atoms with van der Waals surface area (Å²) in [6.45, 7) is 1.92. The smallest absolute Gasteiger partial charge is 0.258 e. The first-order valence-electron chi connectivity index (χ1n) is 5.35. The lowest BCUT2D eigenvalue weighted by Gasteiger charge is -2.07. The number of nitrogens with two attached hydrogens (primary N) is 1. The Labute approximate surface area is 113 Å². The van der Waals surface area contributed by atoms with Crippen LogP contribution in [0.25, 0.3) is 0 Å². The average molecular weight is 306 g/mol. The minimum atomic E-state index is -0.262. The molecular formula is C13H12BrN3O. The molecule has 1 aromatic heterocycles. The number of pyridine rings is 1. The molecule has 0 atom stereocenters. The van der Waals surface area contributed by atoms with Crippen LogP contribution in [-0.4, -0.2) is 10.9 Å². The van der Waals surface area contributed by atoms with Gasteiger partial charge in [-0.25, -0.2) is 4.98 Å². The summed E-state index contributed by atoms with van der Waals surface area (Å²) in [4.78, 5) is 16.1. The zero-order valence-electron chi connectivity index (χ0n) is 9.77. The van der Waals surface area contributed by atoms with Gasteiger partial charge in [-0.1, -0.05) is 6.07 Å². The summed E-state index contributed by atoms with van der Waals surface area (Å²) in [5.41, 5.74) is 7.74. The molecule has 18 heavy (non-hydrogen) atoms. The maximum Gasteiger partial charge on any atom is 0.258 e. The van der Waals surface area contributed by atoms with Crippen molar-refractivity contribution in [1.29, 1.82) is 0 Å². The number of hydrogen-bond acceptors (Lipinski definition) is 3. The number of hydrogen-bond donors (Lipinski definition) is 2. The third-order valence-electron chi connectivity index (χ3n) is 2.42. The van der Waals surface area contributed by atoms with E-state index in [9.17, 15) is 4.79 Å². The molecule has 0 radical (unpaired) electrons. The summed E-state index contributed by atoms with van der Waals surface area (Å²) in [5.74, 6) is 0.227. The van der Waals surface area contributed by atoms with E-state index in [1.807, 2.05) is 13.0 Å². The summed E-state index contributed by atoms with van der Waals surface area (Å²) >= 11 is 3.28. The number of halogens is 1. The Bertz CT molecular complexity index is 581. The van der Waals surface area contributed by atoms with Crippen molar-refractivity contribution in [2.24, 2.45) is 0 Å². The Hall–Kier alpha value is -1.88. The lowest BCUT2D eigenvalue weighted by atomic mass is 10.1. The minimum absolute atomic E-state index is 0.262. The second-order valence-corrected chi connectivity index (χ2v) is 4.82. The van der Waals surface area contributed by atoms with Crippen LogP contribution >= 0.6 is 15.9 Å². The first kappa shape index (κ1) is 12.6. The van der Waals surface area contributed by atoms with Crippen LogP contribution in [-0.2, 0) is 0 Å². The van der Waals surface area contributed by atoms with Crippen molar-refractivity contribution in [3.63, 3.8) is 0 Å². The summed E-state index contributed by atoms with van der Waals surface area (Å²) in [6, 6.07) is 8.84. The molecule has 0 aliphatic carbocycles. The van der Waals surface area contributed by atoms with Crippen molar-refractivity contribution in [2.75, 3.05) is 11.1 Å². The van der Waals surface area contributed by atoms with Gasteiger partial charge >= 0.3 is 0 Å². The Morgan fingerprint density at radius 2 is 2.11 bits per heavy atom. The van der Waals surface area contributed by atoms with Gasteiger partial charge in [0, 0.05) is 16.4 Å². The Morgan fingerprint density at radius 3 is 2.72 bits per heavy atom. The molecule has 4 nitrogen and oxygen atoms in total. The molecule has 1 aromatic carbocycles. The van der Waals surface area contributed by atoms with E-state index in [2.05, 4.69) is 26.2 Å². The van der Waals surface area contributed by atoms with Crippen molar-refractivity contribution in [3.05, 3.63) is 52.1 Å². The molecule has 0 spiro atoms. The van der Waals surface area contributed by atoms with Gasteiger partial charge in [-0.3, -0.25) is 4.79 Å². The zero-order valence-corrected chi connectivity index (χ0v) is 11.4. The van der Waals surface area contributed by atoms with Gasteiger partial charge in [-0.15, -0.1) is 0 Å². The van der Waals surface area contributed by atoms with E-state index < -0.39 is 0 Å². The highest BCUT2D eigenvalue weighted by Crippen LogP contribution is 2.16. The third-order valence-corrected chi connectivity index (χ3v) is 2.89. The number of carbonyl (C=O) groups is 1. The van der Waals surface area contributed by atoms with Gasteiger partial charge in [0.2, 0.25) is 0 Å². The fraction of sp³-hybridized carbons (Fsp3) is 0.0769. The van der Waals surface area contributed by atoms with Gasteiger partial charge in [-0.2, -0.15) is 0 Å². The number of aromatic nitrogens is 1. The van der Waals surface area contributed by atoms with Crippen LogP contribution in [0, 0.1) is 6.92 Å². The third kappa shape index (κ3) is 2.87. The lowest BCUT2D eigenvalue weighted by molar-refractivity contribution is 0.102. The first-order chi connectivity index (χ1) is 8.56. The van der Waals surface area contributed by atoms with E-state index in [0.29, 0.717) is 17.1 Å². The summed E-state index contributed by atoms with van der Waals surface area (Å²) in [7, 11) is 0. The van der Waals surface area contributed by atoms with Crippen molar-refractivity contribution in [1.82, 2.24) is 4.98 Å². The highest BCUT2D eigenvalue weighted by Gasteiger charge is 2.10. The Morgan fingerprint density at radius 1 is 1.33 bits per heavy atom. The number of nitrogen functional groups attached to an aromatic ring is 1. The predicted molar refractivity (Wildman–Crippen MR) is 75.5 cm³/mol. The van der Waals surface area contributed by atoms with Gasteiger partial charge in [0.1, 0.15) is 5.82 Å². The summed E-state index contributed by atoms with van der Waals surface area (Å²) < 4.78 is 0.857. The van der Waals surface area contributed by atoms with Crippen molar-refractivity contribution >= 4 is 33.3 Å². The normalized spacial score (nSPS) is 10.1. The van der Waals surface area contributed by atoms with Gasteiger partial charge in [0.25, 0.3) is 5.91 Å². The Kier molecular flexibility index (Phi) is 3.62. The van der Waals surface area contributed by atoms with E-state index in [-0.39, 0.29) is 5.91 Å². The SMILES string of the molecule is Cc1ccc(C(=O)Nc2ccc(Br)cn2)c(N)c1. The van der Waals surface area contributed by atoms with E-state index in [0.717, 1.165) is 10.0 Å². The van der Waals surface area contributed by atoms with Gasteiger partial charge in [-0.05, 0) is 52.7 Å². The quantitative estimate of drug-likeness (QED) is 0.838. The van der Waals surface area contributed by atoms with Crippen molar-refractivity contribution < 1.29 is 4.79 Å². The molecule has 2 aromatic rings. The number of benzene rings is 1. The van der Waals surface area contributed by atoms with Crippen LogP contribution in [0.4, 0.5) is 11.5 Å². The summed E-state index contributed by atoms with van der Waals surface area (Å²) in [5, 5.41) is 2.69. The highest BCUT2D eigenvalue weighted by atomic mass is 79.9. The number of aryl methyl sites for hydroxylation is 1. The molecule has 1 amide bonds. The molecule has 0 aliphatic heterocycles. The number of nitrogens with one attached hydrogen (secondary N) is 1. The predicted octanol–water partition coefficient (Wildman–Crippen LogP) is 2.99. The maximum atomic E-state index is 12.0. The molecule has 0 fully saturated rings. The van der Waals surface area contributed by atoms with Crippen LogP contribution in [0.5, 0.6) is 0 Å². The average Bonchev–Trinajstić information content (AvgIpc) is 2.32. The number of rotatable bonds is 2. The number of amides is 1. The number of carbonyl (C=O) groups excluding carboxylic acids is 1. The standard InChI is InChI=1S/C13H12BrN3O/c1-8-2-4-10(11(15)6-8)13(18)17-12-5-3-9(14)7-16-12/h2-7H,15H2,1H3,(H,16,17,18). The van der Waals surface area contributed by atoms with E-state index >= 15 is 0 Å². The number of anilines is 2.